The van der Waals surface area contributed by atoms with E-state index in [0.717, 1.165) is 0 Å². The molecule has 2 aromatic carbocycles. The average Bonchev–Trinajstić information content (AvgIpc) is 2.67. The summed E-state index contributed by atoms with van der Waals surface area (Å²) in [5, 5.41) is 11.1. The van der Waals surface area contributed by atoms with Gasteiger partial charge in [-0.05, 0) is 31.2 Å². The maximum Gasteiger partial charge on any atom is 0.338 e. The van der Waals surface area contributed by atoms with Crippen molar-refractivity contribution in [2.24, 2.45) is 0 Å². The molecular formula is C20H19NO6. The number of carbonyl (C=O) groups is 4. The molecule has 7 nitrogen and oxygen atoms in total. The predicted molar refractivity (Wildman–Crippen MR) is 97.6 cm³/mol. The number of benzene rings is 2. The van der Waals surface area contributed by atoms with Gasteiger partial charge < -0.3 is 15.2 Å². The number of hydrogen-bond acceptors (Lipinski definition) is 5. The number of nitrogens with one attached hydrogen (secondary N) is 1. The first-order chi connectivity index (χ1) is 12.9. The van der Waals surface area contributed by atoms with Crippen LogP contribution in [0.5, 0.6) is 0 Å². The Morgan fingerprint density at radius 2 is 1.56 bits per heavy atom. The molecule has 2 aromatic rings. The number of carboxylic acids is 1. The Labute approximate surface area is 156 Å². The number of rotatable bonds is 8. The van der Waals surface area contributed by atoms with Crippen LogP contribution in [-0.4, -0.2) is 34.8 Å². The molecule has 2 rings (SSSR count). The molecule has 0 aromatic heterocycles. The molecule has 0 saturated heterocycles. The fourth-order valence-corrected chi connectivity index (χ4v) is 2.25. The first kappa shape index (κ1) is 19.8. The lowest BCUT2D eigenvalue weighted by Gasteiger charge is -2.12. The van der Waals surface area contributed by atoms with Crippen LogP contribution in [0, 0.1) is 0 Å². The van der Waals surface area contributed by atoms with E-state index in [-0.39, 0.29) is 24.2 Å². The highest BCUT2D eigenvalue weighted by Crippen LogP contribution is 2.13. The van der Waals surface area contributed by atoms with Crippen molar-refractivity contribution >= 4 is 29.3 Å². The molecule has 140 valence electrons. The van der Waals surface area contributed by atoms with Crippen molar-refractivity contribution in [1.29, 1.82) is 0 Å². The van der Waals surface area contributed by atoms with E-state index in [1.807, 2.05) is 0 Å². The van der Waals surface area contributed by atoms with Crippen LogP contribution in [0.4, 0.5) is 5.69 Å². The standard InChI is InChI=1S/C20H19NO6/c1-13(19(25)14-5-3-2-4-6-14)27-20(26)15-7-9-16(10-8-15)21-17(22)11-12-18(23)24/h2-10,13H,11-12H2,1H3,(H,21,22)(H,23,24)/t13-/m1/s1. The zero-order valence-corrected chi connectivity index (χ0v) is 14.7. The van der Waals surface area contributed by atoms with Crippen molar-refractivity contribution in [2.45, 2.75) is 25.9 Å². The third-order valence-corrected chi connectivity index (χ3v) is 3.68. The normalized spacial score (nSPS) is 11.3. The molecule has 0 aliphatic carbocycles. The van der Waals surface area contributed by atoms with Gasteiger partial charge in [0.2, 0.25) is 11.7 Å². The van der Waals surface area contributed by atoms with Crippen molar-refractivity contribution in [1.82, 2.24) is 0 Å². The van der Waals surface area contributed by atoms with E-state index in [2.05, 4.69) is 5.32 Å². The highest BCUT2D eigenvalue weighted by atomic mass is 16.5. The maximum atomic E-state index is 12.2. The molecule has 1 amide bonds. The Morgan fingerprint density at radius 1 is 0.926 bits per heavy atom. The number of amides is 1. The third-order valence-electron chi connectivity index (χ3n) is 3.68. The summed E-state index contributed by atoms with van der Waals surface area (Å²) in [6.45, 7) is 1.50. The number of Topliss-reactive ketones (excluding diaryl/α,β-unsaturated/α-hetero) is 1. The Kier molecular flexibility index (Phi) is 6.82. The molecule has 0 unspecified atom stereocenters. The minimum absolute atomic E-state index is 0.141. The Bertz CT molecular complexity index is 829. The zero-order valence-electron chi connectivity index (χ0n) is 14.7. The number of ether oxygens (including phenoxy) is 1. The second-order valence-corrected chi connectivity index (χ2v) is 5.80. The predicted octanol–water partition coefficient (Wildman–Crippen LogP) is 2.92. The van der Waals surface area contributed by atoms with E-state index in [1.165, 1.54) is 31.2 Å². The van der Waals surface area contributed by atoms with Crippen LogP contribution in [0.15, 0.2) is 54.6 Å². The van der Waals surface area contributed by atoms with Crippen LogP contribution < -0.4 is 5.32 Å². The first-order valence-electron chi connectivity index (χ1n) is 8.29. The SMILES string of the molecule is C[C@@H](OC(=O)c1ccc(NC(=O)CCC(=O)O)cc1)C(=O)c1ccccc1. The van der Waals surface area contributed by atoms with Gasteiger partial charge in [0, 0.05) is 17.7 Å². The molecule has 0 aliphatic heterocycles. The summed E-state index contributed by atoms with van der Waals surface area (Å²) in [7, 11) is 0. The summed E-state index contributed by atoms with van der Waals surface area (Å²) in [5.74, 6) is -2.45. The Morgan fingerprint density at radius 3 is 2.15 bits per heavy atom. The molecule has 7 heteroatoms. The molecule has 0 bridgehead atoms. The van der Waals surface area contributed by atoms with Crippen LogP contribution >= 0.6 is 0 Å². The number of carboxylic acid groups (broad SMARTS) is 1. The quantitative estimate of drug-likeness (QED) is 0.547. The summed E-state index contributed by atoms with van der Waals surface area (Å²) in [4.78, 5) is 46.4. The minimum Gasteiger partial charge on any atom is -0.481 e. The van der Waals surface area contributed by atoms with E-state index in [0.29, 0.717) is 11.3 Å². The summed E-state index contributed by atoms with van der Waals surface area (Å²) in [6.07, 6.45) is -1.34. The molecule has 0 fully saturated rings. The van der Waals surface area contributed by atoms with Crippen molar-refractivity contribution in [2.75, 3.05) is 5.32 Å². The number of aliphatic carboxylic acids is 1. The molecule has 0 heterocycles. The highest BCUT2D eigenvalue weighted by Gasteiger charge is 2.20. The van der Waals surface area contributed by atoms with Crippen LogP contribution in [-0.2, 0) is 14.3 Å². The molecular weight excluding hydrogens is 350 g/mol. The number of carbonyl (C=O) groups excluding carboxylic acids is 3. The van der Waals surface area contributed by atoms with Gasteiger partial charge in [-0.1, -0.05) is 30.3 Å². The first-order valence-corrected chi connectivity index (χ1v) is 8.29. The van der Waals surface area contributed by atoms with Crippen LogP contribution in [0.2, 0.25) is 0 Å². The van der Waals surface area contributed by atoms with Crippen LogP contribution in [0.1, 0.15) is 40.5 Å². The Balaban J connectivity index is 1.92. The summed E-state index contributed by atoms with van der Waals surface area (Å²) >= 11 is 0. The van der Waals surface area contributed by atoms with Crippen molar-refractivity contribution in [3.63, 3.8) is 0 Å². The fourth-order valence-electron chi connectivity index (χ4n) is 2.25. The van der Waals surface area contributed by atoms with Gasteiger partial charge >= 0.3 is 11.9 Å². The van der Waals surface area contributed by atoms with Gasteiger partial charge in [-0.3, -0.25) is 14.4 Å². The van der Waals surface area contributed by atoms with Crippen LogP contribution in [0.3, 0.4) is 0 Å². The van der Waals surface area contributed by atoms with Gasteiger partial charge in [0.15, 0.2) is 6.10 Å². The van der Waals surface area contributed by atoms with Gasteiger partial charge in [-0.2, -0.15) is 0 Å². The minimum atomic E-state index is -1.05. The van der Waals surface area contributed by atoms with Gasteiger partial charge in [0.25, 0.3) is 0 Å². The number of esters is 1. The molecule has 0 radical (unpaired) electrons. The molecule has 1 atom stereocenters. The number of ketones is 1. The zero-order chi connectivity index (χ0) is 19.8. The van der Waals surface area contributed by atoms with Crippen LogP contribution in [0.25, 0.3) is 0 Å². The Hall–Kier alpha value is -3.48. The maximum absolute atomic E-state index is 12.2. The molecule has 27 heavy (non-hydrogen) atoms. The van der Waals surface area contributed by atoms with E-state index < -0.39 is 23.9 Å². The molecule has 0 saturated carbocycles. The van der Waals surface area contributed by atoms with Crippen molar-refractivity contribution in [3.05, 3.63) is 65.7 Å². The number of anilines is 1. The lowest BCUT2D eigenvalue weighted by molar-refractivity contribution is -0.138. The fraction of sp³-hybridized carbons (Fsp3) is 0.200. The van der Waals surface area contributed by atoms with E-state index in [4.69, 9.17) is 9.84 Å². The topological polar surface area (TPSA) is 110 Å². The van der Waals surface area contributed by atoms with Crippen molar-refractivity contribution in [3.8, 4) is 0 Å². The highest BCUT2D eigenvalue weighted by molar-refractivity contribution is 6.01. The summed E-state index contributed by atoms with van der Waals surface area (Å²) < 4.78 is 5.20. The largest absolute Gasteiger partial charge is 0.481 e. The van der Waals surface area contributed by atoms with Gasteiger partial charge in [0.05, 0.1) is 12.0 Å². The lowest BCUT2D eigenvalue weighted by Crippen LogP contribution is -2.24. The second-order valence-electron chi connectivity index (χ2n) is 5.80. The van der Waals surface area contributed by atoms with Gasteiger partial charge in [0.1, 0.15) is 0 Å². The average molecular weight is 369 g/mol. The van der Waals surface area contributed by atoms with Gasteiger partial charge in [-0.15, -0.1) is 0 Å². The van der Waals surface area contributed by atoms with Crippen molar-refractivity contribution < 1.29 is 29.0 Å². The monoisotopic (exact) mass is 369 g/mol. The lowest BCUT2D eigenvalue weighted by atomic mass is 10.1. The summed E-state index contributed by atoms with van der Waals surface area (Å²) in [5.41, 5.74) is 1.11. The van der Waals surface area contributed by atoms with Gasteiger partial charge in [-0.25, -0.2) is 4.79 Å². The smallest absolute Gasteiger partial charge is 0.338 e. The van der Waals surface area contributed by atoms with E-state index in [9.17, 15) is 19.2 Å². The molecule has 2 N–H and O–H groups in total. The van der Waals surface area contributed by atoms with E-state index in [1.54, 1.807) is 30.3 Å². The third kappa shape index (κ3) is 6.07. The molecule has 0 aliphatic rings. The summed E-state index contributed by atoms with van der Waals surface area (Å²) in [6, 6.07) is 14.4. The van der Waals surface area contributed by atoms with E-state index >= 15 is 0 Å². The molecule has 0 spiro atoms. The second kappa shape index (κ2) is 9.28. The number of hydrogen-bond donors (Lipinski definition) is 2.